The highest BCUT2D eigenvalue weighted by molar-refractivity contribution is 5.69. The third-order valence-corrected chi connectivity index (χ3v) is 4.16. The minimum absolute atomic E-state index is 0.980. The van der Waals surface area contributed by atoms with Crippen LogP contribution in [-0.4, -0.2) is 11.5 Å². The summed E-state index contributed by atoms with van der Waals surface area (Å²) in [7, 11) is 0. The van der Waals surface area contributed by atoms with Crippen molar-refractivity contribution in [3.63, 3.8) is 0 Å². The molecule has 21 heavy (non-hydrogen) atoms. The third-order valence-electron chi connectivity index (χ3n) is 4.16. The van der Waals surface area contributed by atoms with Gasteiger partial charge in [0.1, 0.15) is 0 Å². The van der Waals surface area contributed by atoms with Gasteiger partial charge >= 0.3 is 0 Å². The molecule has 1 aromatic heterocycles. The summed E-state index contributed by atoms with van der Waals surface area (Å²) in [6.07, 6.45) is 1.09. The molecule has 0 aliphatic carbocycles. The number of nitrogens with one attached hydrogen (secondary N) is 2. The van der Waals surface area contributed by atoms with Crippen LogP contribution in [0, 0.1) is 0 Å². The van der Waals surface area contributed by atoms with Crippen LogP contribution in [0.5, 0.6) is 0 Å². The van der Waals surface area contributed by atoms with E-state index in [0.717, 1.165) is 19.5 Å². The Morgan fingerprint density at radius 3 is 2.24 bits per heavy atom. The zero-order valence-electron chi connectivity index (χ0n) is 11.9. The first kappa shape index (κ1) is 12.4. The van der Waals surface area contributed by atoms with Crippen molar-refractivity contribution >= 4 is 0 Å². The molecular formula is C19H18N2. The van der Waals surface area contributed by atoms with Gasteiger partial charge in [0.05, 0.1) is 0 Å². The summed E-state index contributed by atoms with van der Waals surface area (Å²) >= 11 is 0. The lowest BCUT2D eigenvalue weighted by atomic mass is 10.0. The summed E-state index contributed by atoms with van der Waals surface area (Å²) in [6.45, 7) is 2.05. The zero-order chi connectivity index (χ0) is 14.1. The van der Waals surface area contributed by atoms with Crippen LogP contribution in [0.1, 0.15) is 11.3 Å². The van der Waals surface area contributed by atoms with E-state index in [9.17, 15) is 0 Å². The maximum atomic E-state index is 3.57. The van der Waals surface area contributed by atoms with Crippen LogP contribution in [0.2, 0.25) is 0 Å². The molecule has 2 heterocycles. The molecule has 1 aliphatic rings. The second-order valence-corrected chi connectivity index (χ2v) is 5.56. The number of rotatable bonds is 2. The van der Waals surface area contributed by atoms with Crippen molar-refractivity contribution in [2.75, 3.05) is 6.54 Å². The van der Waals surface area contributed by atoms with Crippen LogP contribution in [0.15, 0.2) is 60.7 Å². The van der Waals surface area contributed by atoms with Crippen LogP contribution in [0.4, 0.5) is 0 Å². The number of hydrogen-bond acceptors (Lipinski definition) is 1. The van der Waals surface area contributed by atoms with Gasteiger partial charge in [-0.1, -0.05) is 54.6 Å². The van der Waals surface area contributed by atoms with E-state index >= 15 is 0 Å². The van der Waals surface area contributed by atoms with Crippen molar-refractivity contribution in [3.8, 4) is 22.4 Å². The summed E-state index contributed by atoms with van der Waals surface area (Å²) in [5.74, 6) is 0. The fraction of sp³-hybridized carbons (Fsp3) is 0.158. The van der Waals surface area contributed by atoms with E-state index in [4.69, 9.17) is 0 Å². The van der Waals surface area contributed by atoms with Crippen molar-refractivity contribution in [1.82, 2.24) is 10.3 Å². The lowest BCUT2D eigenvalue weighted by molar-refractivity contribution is 0.638. The predicted octanol–water partition coefficient (Wildman–Crippen LogP) is 3.99. The molecule has 2 nitrogen and oxygen atoms in total. The highest BCUT2D eigenvalue weighted by Gasteiger charge is 2.12. The van der Waals surface area contributed by atoms with Crippen molar-refractivity contribution in [1.29, 1.82) is 0 Å². The first-order chi connectivity index (χ1) is 10.4. The minimum atomic E-state index is 0.980. The number of aromatic amines is 1. The van der Waals surface area contributed by atoms with E-state index in [0.29, 0.717) is 0 Å². The first-order valence-corrected chi connectivity index (χ1v) is 7.47. The molecule has 0 bridgehead atoms. The molecule has 2 N–H and O–H groups in total. The van der Waals surface area contributed by atoms with Gasteiger partial charge in [-0.15, -0.1) is 0 Å². The molecule has 3 aromatic rings. The Bertz CT molecular complexity index is 715. The van der Waals surface area contributed by atoms with Gasteiger partial charge in [-0.05, 0) is 28.3 Å². The lowest BCUT2D eigenvalue weighted by Gasteiger charge is -2.11. The van der Waals surface area contributed by atoms with Crippen molar-refractivity contribution in [2.24, 2.45) is 0 Å². The molecule has 104 valence electrons. The summed E-state index contributed by atoms with van der Waals surface area (Å²) in [5, 5.41) is 3.42. The zero-order valence-corrected chi connectivity index (χ0v) is 11.9. The summed E-state index contributed by atoms with van der Waals surface area (Å²) in [5.41, 5.74) is 7.79. The summed E-state index contributed by atoms with van der Waals surface area (Å²) in [4.78, 5) is 3.57. The number of H-pyrrole nitrogens is 1. The van der Waals surface area contributed by atoms with Gasteiger partial charge in [0.25, 0.3) is 0 Å². The molecule has 2 heteroatoms. The number of hydrogen-bond donors (Lipinski definition) is 2. The van der Waals surface area contributed by atoms with Gasteiger partial charge in [0, 0.05) is 30.9 Å². The van der Waals surface area contributed by atoms with Gasteiger partial charge in [0.15, 0.2) is 0 Å². The van der Waals surface area contributed by atoms with Crippen LogP contribution in [-0.2, 0) is 13.0 Å². The Morgan fingerprint density at radius 2 is 1.48 bits per heavy atom. The summed E-state index contributed by atoms with van der Waals surface area (Å²) in [6, 6.07) is 21.6. The van der Waals surface area contributed by atoms with Crippen molar-refractivity contribution < 1.29 is 0 Å². The van der Waals surface area contributed by atoms with E-state index in [1.54, 1.807) is 0 Å². The number of fused-ring (bicyclic) bond motifs is 1. The second kappa shape index (κ2) is 5.23. The largest absolute Gasteiger partial charge is 0.358 e. The quantitative estimate of drug-likeness (QED) is 0.726. The highest BCUT2D eigenvalue weighted by atomic mass is 14.9. The highest BCUT2D eigenvalue weighted by Crippen LogP contribution is 2.26. The Hall–Kier alpha value is -2.32. The standard InChI is InChI=1S/C19H18N2/c1-2-4-14(5-3-1)15-6-8-16(9-7-15)19-12-17-13-20-11-10-18(17)21-19/h1-9,12,20-21H,10-11,13H2. The summed E-state index contributed by atoms with van der Waals surface area (Å²) < 4.78 is 0. The molecular weight excluding hydrogens is 256 g/mol. The lowest BCUT2D eigenvalue weighted by Crippen LogP contribution is -2.22. The molecule has 0 spiro atoms. The van der Waals surface area contributed by atoms with Gasteiger partial charge in [-0.25, -0.2) is 0 Å². The Labute approximate surface area is 124 Å². The fourth-order valence-electron chi connectivity index (χ4n) is 2.99. The molecule has 2 aromatic carbocycles. The maximum absolute atomic E-state index is 3.57. The van der Waals surface area contributed by atoms with E-state index < -0.39 is 0 Å². The molecule has 4 rings (SSSR count). The monoisotopic (exact) mass is 274 g/mol. The van der Waals surface area contributed by atoms with Gasteiger partial charge in [-0.3, -0.25) is 0 Å². The van der Waals surface area contributed by atoms with Crippen LogP contribution in [0.3, 0.4) is 0 Å². The first-order valence-electron chi connectivity index (χ1n) is 7.47. The molecule has 0 radical (unpaired) electrons. The van der Waals surface area contributed by atoms with E-state index in [1.165, 1.54) is 33.6 Å². The Balaban J connectivity index is 1.66. The predicted molar refractivity (Wildman–Crippen MR) is 87.1 cm³/mol. The van der Waals surface area contributed by atoms with Gasteiger partial charge < -0.3 is 10.3 Å². The van der Waals surface area contributed by atoms with Gasteiger partial charge in [0.2, 0.25) is 0 Å². The van der Waals surface area contributed by atoms with Crippen molar-refractivity contribution in [3.05, 3.63) is 71.9 Å². The SMILES string of the molecule is c1ccc(-c2ccc(-c3cc4c([nH]3)CCNC4)cc2)cc1. The topological polar surface area (TPSA) is 27.8 Å². The molecule has 0 amide bonds. The average molecular weight is 274 g/mol. The van der Waals surface area contributed by atoms with Crippen LogP contribution in [0.25, 0.3) is 22.4 Å². The third kappa shape index (κ3) is 2.39. The molecule has 0 saturated carbocycles. The van der Waals surface area contributed by atoms with E-state index in [-0.39, 0.29) is 0 Å². The fourth-order valence-corrected chi connectivity index (χ4v) is 2.99. The molecule has 0 unspecified atom stereocenters. The Morgan fingerprint density at radius 1 is 0.762 bits per heavy atom. The van der Waals surface area contributed by atoms with E-state index in [1.807, 2.05) is 0 Å². The minimum Gasteiger partial charge on any atom is -0.358 e. The number of benzene rings is 2. The Kier molecular flexibility index (Phi) is 3.09. The van der Waals surface area contributed by atoms with Crippen molar-refractivity contribution in [2.45, 2.75) is 13.0 Å². The molecule has 0 atom stereocenters. The number of aromatic nitrogens is 1. The molecule has 0 saturated heterocycles. The average Bonchev–Trinajstić information content (AvgIpc) is 3.00. The van der Waals surface area contributed by atoms with Crippen LogP contribution >= 0.6 is 0 Å². The van der Waals surface area contributed by atoms with Crippen LogP contribution < -0.4 is 5.32 Å². The molecule has 0 fully saturated rings. The molecule has 1 aliphatic heterocycles. The van der Waals surface area contributed by atoms with E-state index in [2.05, 4.69) is 71.0 Å². The smallest absolute Gasteiger partial charge is 0.0459 e. The maximum Gasteiger partial charge on any atom is 0.0459 e. The normalized spacial score (nSPS) is 13.9. The second-order valence-electron chi connectivity index (χ2n) is 5.56. The van der Waals surface area contributed by atoms with Gasteiger partial charge in [-0.2, -0.15) is 0 Å².